The van der Waals surface area contributed by atoms with E-state index in [1.165, 1.54) is 4.90 Å². The maximum absolute atomic E-state index is 11.1. The molecular weight excluding hydrogens is 254 g/mol. The minimum absolute atomic E-state index is 0.199. The molecule has 1 fully saturated rings. The van der Waals surface area contributed by atoms with Crippen LogP contribution in [0.1, 0.15) is 24.5 Å². The largest absolute Gasteiger partial charge is 0.465 e. The zero-order valence-electron chi connectivity index (χ0n) is 11.1. The fourth-order valence-corrected chi connectivity index (χ4v) is 2.68. The fourth-order valence-electron chi connectivity index (χ4n) is 2.68. The molecular formula is C15H17N3O2. The van der Waals surface area contributed by atoms with Gasteiger partial charge in [-0.25, -0.2) is 9.78 Å². The Bertz CT molecular complexity index is 594. The van der Waals surface area contributed by atoms with Crippen molar-refractivity contribution in [1.82, 2.24) is 14.5 Å². The quantitative estimate of drug-likeness (QED) is 0.913. The SMILES string of the molecule is O=C(O)N1CCC[C@H](c2cn(-c3ccccc3)cn2)C1. The molecule has 2 aromatic rings. The molecule has 2 heterocycles. The van der Waals surface area contributed by atoms with Crippen LogP contribution in [0, 0.1) is 0 Å². The number of benzene rings is 1. The Morgan fingerprint density at radius 2 is 2.10 bits per heavy atom. The van der Waals surface area contributed by atoms with E-state index in [0.717, 1.165) is 24.2 Å². The Hall–Kier alpha value is -2.30. The summed E-state index contributed by atoms with van der Waals surface area (Å²) >= 11 is 0. The van der Waals surface area contributed by atoms with Crippen molar-refractivity contribution in [2.24, 2.45) is 0 Å². The van der Waals surface area contributed by atoms with Gasteiger partial charge < -0.3 is 14.6 Å². The predicted octanol–water partition coefficient (Wildman–Crippen LogP) is 2.73. The summed E-state index contributed by atoms with van der Waals surface area (Å²) in [5.74, 6) is 0.199. The Morgan fingerprint density at radius 1 is 1.30 bits per heavy atom. The smallest absolute Gasteiger partial charge is 0.407 e. The number of imidazole rings is 1. The van der Waals surface area contributed by atoms with Crippen LogP contribution in [0.2, 0.25) is 0 Å². The van der Waals surface area contributed by atoms with E-state index in [9.17, 15) is 4.79 Å². The molecule has 1 aliphatic heterocycles. The van der Waals surface area contributed by atoms with Crippen molar-refractivity contribution in [2.45, 2.75) is 18.8 Å². The molecule has 0 unspecified atom stereocenters. The van der Waals surface area contributed by atoms with Crippen LogP contribution < -0.4 is 0 Å². The summed E-state index contributed by atoms with van der Waals surface area (Å²) in [5.41, 5.74) is 2.04. The molecule has 104 valence electrons. The summed E-state index contributed by atoms with van der Waals surface area (Å²) < 4.78 is 1.98. The zero-order chi connectivity index (χ0) is 13.9. The molecule has 1 amide bonds. The first-order chi connectivity index (χ1) is 9.74. The van der Waals surface area contributed by atoms with E-state index in [1.54, 1.807) is 6.33 Å². The molecule has 0 radical (unpaired) electrons. The van der Waals surface area contributed by atoms with Gasteiger partial charge in [0.1, 0.15) is 0 Å². The Kier molecular flexibility index (Phi) is 3.41. The molecule has 5 heteroatoms. The average Bonchev–Trinajstić information content (AvgIpc) is 2.98. The monoisotopic (exact) mass is 271 g/mol. The van der Waals surface area contributed by atoms with E-state index in [1.807, 2.05) is 41.1 Å². The van der Waals surface area contributed by atoms with Crippen molar-refractivity contribution in [2.75, 3.05) is 13.1 Å². The maximum atomic E-state index is 11.1. The van der Waals surface area contributed by atoms with Gasteiger partial charge in [0.15, 0.2) is 0 Å². The Balaban J connectivity index is 1.78. The van der Waals surface area contributed by atoms with Crippen molar-refractivity contribution in [3.05, 3.63) is 48.5 Å². The predicted molar refractivity (Wildman–Crippen MR) is 75.1 cm³/mol. The van der Waals surface area contributed by atoms with Crippen LogP contribution in [0.3, 0.4) is 0 Å². The number of hydrogen-bond acceptors (Lipinski definition) is 2. The molecule has 1 aromatic heterocycles. The van der Waals surface area contributed by atoms with Gasteiger partial charge in [0.25, 0.3) is 0 Å². The van der Waals surface area contributed by atoms with Crippen molar-refractivity contribution in [1.29, 1.82) is 0 Å². The average molecular weight is 271 g/mol. The first kappa shape index (κ1) is 12.7. The molecule has 0 saturated carbocycles. The second-order valence-electron chi connectivity index (χ2n) is 5.11. The number of piperidine rings is 1. The summed E-state index contributed by atoms with van der Waals surface area (Å²) in [6.45, 7) is 1.17. The molecule has 3 rings (SSSR count). The van der Waals surface area contributed by atoms with Crippen LogP contribution in [0.4, 0.5) is 4.79 Å². The van der Waals surface area contributed by atoms with Crippen LogP contribution in [0.5, 0.6) is 0 Å². The molecule has 0 bridgehead atoms. The molecule has 1 atom stereocenters. The van der Waals surface area contributed by atoms with Gasteiger partial charge in [-0.2, -0.15) is 0 Å². The van der Waals surface area contributed by atoms with Gasteiger partial charge in [-0.05, 0) is 25.0 Å². The van der Waals surface area contributed by atoms with Crippen LogP contribution in [0.15, 0.2) is 42.9 Å². The molecule has 0 aliphatic carbocycles. The normalized spacial score (nSPS) is 19.0. The first-order valence-corrected chi connectivity index (χ1v) is 6.81. The third kappa shape index (κ3) is 2.52. The van der Waals surface area contributed by atoms with E-state index in [0.29, 0.717) is 13.1 Å². The molecule has 20 heavy (non-hydrogen) atoms. The number of hydrogen-bond donors (Lipinski definition) is 1. The lowest BCUT2D eigenvalue weighted by molar-refractivity contribution is 0.130. The zero-order valence-corrected chi connectivity index (χ0v) is 11.1. The van der Waals surface area contributed by atoms with E-state index in [2.05, 4.69) is 4.98 Å². The summed E-state index contributed by atoms with van der Waals surface area (Å²) in [4.78, 5) is 17.0. The van der Waals surface area contributed by atoms with Gasteiger partial charge in [-0.1, -0.05) is 18.2 Å². The van der Waals surface area contributed by atoms with Gasteiger partial charge in [0.2, 0.25) is 0 Å². The standard InChI is InChI=1S/C15H17N3O2/c19-15(20)17-8-4-5-12(9-17)14-10-18(11-16-14)13-6-2-1-3-7-13/h1-3,6-7,10-12H,4-5,8-9H2,(H,19,20)/t12-/m0/s1. The summed E-state index contributed by atoms with van der Waals surface area (Å²) in [7, 11) is 0. The first-order valence-electron chi connectivity index (χ1n) is 6.81. The minimum atomic E-state index is -0.836. The maximum Gasteiger partial charge on any atom is 0.407 e. The van der Waals surface area contributed by atoms with Crippen molar-refractivity contribution >= 4 is 6.09 Å². The number of carbonyl (C=O) groups is 1. The van der Waals surface area contributed by atoms with Crippen molar-refractivity contribution in [3.63, 3.8) is 0 Å². The molecule has 1 aromatic carbocycles. The van der Waals surface area contributed by atoms with Gasteiger partial charge in [-0.3, -0.25) is 0 Å². The summed E-state index contributed by atoms with van der Waals surface area (Å²) in [6.07, 6.45) is 4.86. The second kappa shape index (κ2) is 5.36. The molecule has 1 N–H and O–H groups in total. The van der Waals surface area contributed by atoms with Gasteiger partial charge in [0.05, 0.1) is 12.0 Å². The highest BCUT2D eigenvalue weighted by molar-refractivity contribution is 5.65. The third-order valence-electron chi connectivity index (χ3n) is 3.77. The molecule has 1 aliphatic rings. The second-order valence-corrected chi connectivity index (χ2v) is 5.11. The number of carboxylic acid groups (broad SMARTS) is 1. The summed E-state index contributed by atoms with van der Waals surface area (Å²) in [5, 5.41) is 9.09. The third-order valence-corrected chi connectivity index (χ3v) is 3.77. The molecule has 1 saturated heterocycles. The lowest BCUT2D eigenvalue weighted by Gasteiger charge is -2.29. The van der Waals surface area contributed by atoms with Gasteiger partial charge in [0, 0.05) is 30.9 Å². The van der Waals surface area contributed by atoms with E-state index in [-0.39, 0.29) is 5.92 Å². The van der Waals surface area contributed by atoms with Gasteiger partial charge in [-0.15, -0.1) is 0 Å². The van der Waals surface area contributed by atoms with E-state index in [4.69, 9.17) is 5.11 Å². The van der Waals surface area contributed by atoms with Crippen molar-refractivity contribution < 1.29 is 9.90 Å². The topological polar surface area (TPSA) is 58.4 Å². The van der Waals surface area contributed by atoms with Crippen LogP contribution in [0.25, 0.3) is 5.69 Å². The number of nitrogens with zero attached hydrogens (tertiary/aromatic N) is 3. The van der Waals surface area contributed by atoms with Crippen LogP contribution in [-0.4, -0.2) is 38.7 Å². The highest BCUT2D eigenvalue weighted by Gasteiger charge is 2.25. The number of para-hydroxylation sites is 1. The van der Waals surface area contributed by atoms with Crippen LogP contribution in [-0.2, 0) is 0 Å². The lowest BCUT2D eigenvalue weighted by atomic mass is 9.95. The van der Waals surface area contributed by atoms with Gasteiger partial charge >= 0.3 is 6.09 Å². The molecule has 0 spiro atoms. The number of amides is 1. The Morgan fingerprint density at radius 3 is 2.85 bits per heavy atom. The van der Waals surface area contributed by atoms with E-state index < -0.39 is 6.09 Å². The fraction of sp³-hybridized carbons (Fsp3) is 0.333. The number of aromatic nitrogens is 2. The highest BCUT2D eigenvalue weighted by Crippen LogP contribution is 2.26. The summed E-state index contributed by atoms with van der Waals surface area (Å²) in [6, 6.07) is 10.0. The van der Waals surface area contributed by atoms with Crippen LogP contribution >= 0.6 is 0 Å². The number of likely N-dealkylation sites (tertiary alicyclic amines) is 1. The number of rotatable bonds is 2. The molecule has 5 nitrogen and oxygen atoms in total. The lowest BCUT2D eigenvalue weighted by Crippen LogP contribution is -2.38. The van der Waals surface area contributed by atoms with E-state index >= 15 is 0 Å². The van der Waals surface area contributed by atoms with Crippen molar-refractivity contribution in [3.8, 4) is 5.69 Å². The highest BCUT2D eigenvalue weighted by atomic mass is 16.4. The minimum Gasteiger partial charge on any atom is -0.465 e. The Labute approximate surface area is 117 Å².